The molecule has 0 amide bonds. The summed E-state index contributed by atoms with van der Waals surface area (Å²) in [5.41, 5.74) is 2.44. The molecular formula is C21H27N7O. The molecular weight excluding hydrogens is 366 g/mol. The molecule has 0 saturated carbocycles. The molecule has 1 fully saturated rings. The van der Waals surface area contributed by atoms with Crippen LogP contribution in [0.3, 0.4) is 0 Å². The van der Waals surface area contributed by atoms with Crippen LogP contribution >= 0.6 is 0 Å². The van der Waals surface area contributed by atoms with Crippen molar-refractivity contribution in [1.29, 1.82) is 0 Å². The van der Waals surface area contributed by atoms with Crippen LogP contribution in [0.25, 0.3) is 11.0 Å². The molecule has 0 bridgehead atoms. The lowest BCUT2D eigenvalue weighted by Gasteiger charge is -2.29. The number of H-pyrrole nitrogens is 1. The van der Waals surface area contributed by atoms with Crippen LogP contribution in [0, 0.1) is 0 Å². The molecule has 8 heteroatoms. The summed E-state index contributed by atoms with van der Waals surface area (Å²) in [4.78, 5) is 30.6. The summed E-state index contributed by atoms with van der Waals surface area (Å²) >= 11 is 0. The Balaban J connectivity index is 1.57. The normalized spacial score (nSPS) is 14.3. The summed E-state index contributed by atoms with van der Waals surface area (Å²) in [5, 5.41) is 7.44. The minimum atomic E-state index is -0.167. The Morgan fingerprint density at radius 1 is 1.10 bits per heavy atom. The number of rotatable bonds is 7. The number of nitrogens with zero attached hydrogens (tertiary/aromatic N) is 4. The molecule has 0 atom stereocenters. The van der Waals surface area contributed by atoms with Gasteiger partial charge in [0.25, 0.3) is 0 Å². The van der Waals surface area contributed by atoms with Gasteiger partial charge < -0.3 is 20.5 Å². The number of aromatic nitrogens is 4. The van der Waals surface area contributed by atoms with E-state index in [1.165, 1.54) is 6.07 Å². The average molecular weight is 393 g/mol. The van der Waals surface area contributed by atoms with E-state index in [1.807, 2.05) is 12.3 Å². The predicted octanol–water partition coefficient (Wildman–Crippen LogP) is 2.60. The van der Waals surface area contributed by atoms with Crippen molar-refractivity contribution in [2.45, 2.75) is 32.6 Å². The van der Waals surface area contributed by atoms with Crippen molar-refractivity contribution in [2.75, 3.05) is 36.4 Å². The Morgan fingerprint density at radius 2 is 1.97 bits per heavy atom. The van der Waals surface area contributed by atoms with Crippen molar-refractivity contribution in [3.63, 3.8) is 0 Å². The average Bonchev–Trinajstić information content (AvgIpc) is 2.75. The molecule has 4 heterocycles. The van der Waals surface area contributed by atoms with E-state index in [1.54, 1.807) is 6.07 Å². The molecule has 0 aliphatic carbocycles. The highest BCUT2D eigenvalue weighted by Gasteiger charge is 2.12. The van der Waals surface area contributed by atoms with Crippen LogP contribution in [0.4, 0.5) is 17.5 Å². The molecule has 1 aliphatic heterocycles. The minimum Gasteiger partial charge on any atom is -0.368 e. The fourth-order valence-corrected chi connectivity index (χ4v) is 3.58. The summed E-state index contributed by atoms with van der Waals surface area (Å²) < 4.78 is 0. The number of aromatic amines is 1. The Morgan fingerprint density at radius 3 is 2.72 bits per heavy atom. The van der Waals surface area contributed by atoms with Crippen LogP contribution in [0.5, 0.6) is 0 Å². The van der Waals surface area contributed by atoms with Crippen LogP contribution in [0.2, 0.25) is 0 Å². The standard InChI is InChI=1S/C21H27N7O/c1-2-3-4-5-17-16-7-9-19(29)26-20(16)27-21(24-17)25-18-8-6-15(14-23-18)28-12-10-22-11-13-28/h6-9,14,22H,2-5,10-13H2,1H3,(H2,23,24,25,26,27,29). The van der Waals surface area contributed by atoms with Gasteiger partial charge in [0, 0.05) is 37.6 Å². The van der Waals surface area contributed by atoms with E-state index in [2.05, 4.69) is 43.5 Å². The van der Waals surface area contributed by atoms with E-state index in [4.69, 9.17) is 4.98 Å². The predicted molar refractivity (Wildman–Crippen MR) is 116 cm³/mol. The Bertz CT molecular complexity index is 1010. The molecule has 0 unspecified atom stereocenters. The maximum absolute atomic E-state index is 11.8. The highest BCUT2D eigenvalue weighted by Crippen LogP contribution is 2.21. The molecule has 0 spiro atoms. The SMILES string of the molecule is CCCCCc1nc(Nc2ccc(N3CCNCC3)cn2)nc2[nH]c(=O)ccc12. The zero-order valence-electron chi connectivity index (χ0n) is 16.7. The maximum Gasteiger partial charge on any atom is 0.249 e. The first-order valence-corrected chi connectivity index (χ1v) is 10.3. The largest absolute Gasteiger partial charge is 0.368 e. The van der Waals surface area contributed by atoms with Crippen molar-refractivity contribution in [3.05, 3.63) is 46.5 Å². The molecule has 3 aromatic rings. The van der Waals surface area contributed by atoms with E-state index < -0.39 is 0 Å². The fourth-order valence-electron chi connectivity index (χ4n) is 3.58. The van der Waals surface area contributed by atoms with Crippen molar-refractivity contribution in [3.8, 4) is 0 Å². The molecule has 152 valence electrons. The second-order valence-electron chi connectivity index (χ2n) is 7.30. The minimum absolute atomic E-state index is 0.167. The maximum atomic E-state index is 11.8. The molecule has 29 heavy (non-hydrogen) atoms. The molecule has 0 radical (unpaired) electrons. The third-order valence-electron chi connectivity index (χ3n) is 5.15. The molecule has 4 rings (SSSR count). The van der Waals surface area contributed by atoms with Gasteiger partial charge in [-0.05, 0) is 31.0 Å². The lowest BCUT2D eigenvalue weighted by atomic mass is 10.1. The van der Waals surface area contributed by atoms with Gasteiger partial charge in [0.05, 0.1) is 17.6 Å². The van der Waals surface area contributed by atoms with E-state index in [0.717, 1.165) is 68.6 Å². The van der Waals surface area contributed by atoms with Gasteiger partial charge in [0.15, 0.2) is 0 Å². The van der Waals surface area contributed by atoms with Crippen LogP contribution < -0.4 is 21.1 Å². The zero-order chi connectivity index (χ0) is 20.1. The van der Waals surface area contributed by atoms with E-state index in [9.17, 15) is 4.79 Å². The third-order valence-corrected chi connectivity index (χ3v) is 5.15. The van der Waals surface area contributed by atoms with Crippen molar-refractivity contribution in [1.82, 2.24) is 25.3 Å². The van der Waals surface area contributed by atoms with Crippen LogP contribution in [0.1, 0.15) is 31.9 Å². The second-order valence-corrected chi connectivity index (χ2v) is 7.30. The first-order valence-electron chi connectivity index (χ1n) is 10.3. The molecule has 1 aliphatic rings. The van der Waals surface area contributed by atoms with Gasteiger partial charge in [0.2, 0.25) is 11.5 Å². The molecule has 1 saturated heterocycles. The van der Waals surface area contributed by atoms with Crippen molar-refractivity contribution >= 4 is 28.5 Å². The summed E-state index contributed by atoms with van der Waals surface area (Å²) in [6, 6.07) is 7.33. The van der Waals surface area contributed by atoms with Gasteiger partial charge >= 0.3 is 0 Å². The number of fused-ring (bicyclic) bond motifs is 1. The number of hydrogen-bond donors (Lipinski definition) is 3. The van der Waals surface area contributed by atoms with Gasteiger partial charge in [-0.25, -0.2) is 9.97 Å². The molecule has 0 aromatic carbocycles. The Labute approximate surface area is 169 Å². The summed E-state index contributed by atoms with van der Waals surface area (Å²) in [6.45, 7) is 6.12. The summed E-state index contributed by atoms with van der Waals surface area (Å²) in [6.07, 6.45) is 6.07. The van der Waals surface area contributed by atoms with E-state index in [0.29, 0.717) is 17.4 Å². The summed E-state index contributed by atoms with van der Waals surface area (Å²) in [5.74, 6) is 1.13. The quantitative estimate of drug-likeness (QED) is 0.531. The lowest BCUT2D eigenvalue weighted by Crippen LogP contribution is -2.43. The second kappa shape index (κ2) is 9.00. The van der Waals surface area contributed by atoms with Gasteiger partial charge in [-0.2, -0.15) is 4.98 Å². The van der Waals surface area contributed by atoms with E-state index in [-0.39, 0.29) is 5.56 Å². The number of unbranched alkanes of at least 4 members (excludes halogenated alkanes) is 2. The van der Waals surface area contributed by atoms with E-state index >= 15 is 0 Å². The van der Waals surface area contributed by atoms with Crippen molar-refractivity contribution in [2.24, 2.45) is 0 Å². The number of hydrogen-bond acceptors (Lipinski definition) is 7. The summed E-state index contributed by atoms with van der Waals surface area (Å²) in [7, 11) is 0. The first-order chi connectivity index (χ1) is 14.2. The molecule has 8 nitrogen and oxygen atoms in total. The highest BCUT2D eigenvalue weighted by atomic mass is 16.1. The lowest BCUT2D eigenvalue weighted by molar-refractivity contribution is 0.589. The first kappa shape index (κ1) is 19.3. The topological polar surface area (TPSA) is 98.8 Å². The van der Waals surface area contributed by atoms with Crippen LogP contribution in [0.15, 0.2) is 35.3 Å². The number of piperazine rings is 1. The molecule has 3 aromatic heterocycles. The fraction of sp³-hybridized carbons (Fsp3) is 0.429. The number of aryl methyl sites for hydroxylation is 1. The Hall–Kier alpha value is -3.00. The number of anilines is 3. The smallest absolute Gasteiger partial charge is 0.249 e. The number of pyridine rings is 2. The van der Waals surface area contributed by atoms with Gasteiger partial charge in [0.1, 0.15) is 11.5 Å². The van der Waals surface area contributed by atoms with Crippen LogP contribution in [-0.4, -0.2) is 46.1 Å². The molecule has 3 N–H and O–H groups in total. The third kappa shape index (κ3) is 4.71. The Kier molecular flexibility index (Phi) is 6.00. The van der Waals surface area contributed by atoms with Crippen molar-refractivity contribution < 1.29 is 0 Å². The van der Waals surface area contributed by atoms with Gasteiger partial charge in [-0.15, -0.1) is 0 Å². The monoisotopic (exact) mass is 393 g/mol. The van der Waals surface area contributed by atoms with Gasteiger partial charge in [-0.1, -0.05) is 19.8 Å². The number of nitrogens with one attached hydrogen (secondary N) is 3. The highest BCUT2D eigenvalue weighted by molar-refractivity contribution is 5.78. The zero-order valence-corrected chi connectivity index (χ0v) is 16.7. The van der Waals surface area contributed by atoms with Gasteiger partial charge in [-0.3, -0.25) is 4.79 Å². The van der Waals surface area contributed by atoms with Crippen LogP contribution in [-0.2, 0) is 6.42 Å².